The van der Waals surface area contributed by atoms with Crippen LogP contribution in [0, 0.1) is 11.3 Å². The number of hydrogen-bond acceptors (Lipinski definition) is 3. The van der Waals surface area contributed by atoms with Crippen molar-refractivity contribution in [2.45, 2.75) is 12.5 Å². The quantitative estimate of drug-likeness (QED) is 0.863. The third-order valence-electron chi connectivity index (χ3n) is 3.57. The highest BCUT2D eigenvalue weighted by Gasteiger charge is 2.21. The van der Waals surface area contributed by atoms with E-state index >= 15 is 0 Å². The molecule has 4 heteroatoms. The van der Waals surface area contributed by atoms with Crippen molar-refractivity contribution in [2.24, 2.45) is 0 Å². The summed E-state index contributed by atoms with van der Waals surface area (Å²) in [6.07, 6.45) is 0.813. The normalized spacial score (nSPS) is 16.9. The molecule has 21 heavy (non-hydrogen) atoms. The minimum absolute atomic E-state index is 0.111. The number of fused-ring (bicyclic) bond motifs is 1. The molecule has 1 aliphatic rings. The maximum atomic E-state index is 9.15. The molecule has 1 aliphatic heterocycles. The molecule has 0 aliphatic carbocycles. The molecule has 0 fully saturated rings. The van der Waals surface area contributed by atoms with Gasteiger partial charge in [-0.25, -0.2) is 0 Å². The zero-order chi connectivity index (χ0) is 14.7. The Bertz CT molecular complexity index is 693. The first-order chi connectivity index (χ1) is 10.3. The maximum Gasteiger partial charge on any atom is 0.138 e. The SMILES string of the molecule is N#Cc1c(Cl)cccc1OCC1OCCc2ccccc21. The van der Waals surface area contributed by atoms with E-state index in [-0.39, 0.29) is 6.10 Å². The predicted octanol–water partition coefficient (Wildman–Crippen LogP) is 3.90. The summed E-state index contributed by atoms with van der Waals surface area (Å²) in [6, 6.07) is 15.5. The second kappa shape index (κ2) is 6.17. The molecular weight excluding hydrogens is 286 g/mol. The molecule has 0 radical (unpaired) electrons. The maximum absolute atomic E-state index is 9.15. The summed E-state index contributed by atoms with van der Waals surface area (Å²) in [4.78, 5) is 0. The van der Waals surface area contributed by atoms with Crippen LogP contribution in [0.15, 0.2) is 42.5 Å². The van der Waals surface area contributed by atoms with Gasteiger partial charge in [-0.05, 0) is 29.7 Å². The second-order valence-electron chi connectivity index (χ2n) is 4.84. The highest BCUT2D eigenvalue weighted by atomic mass is 35.5. The minimum atomic E-state index is -0.111. The zero-order valence-electron chi connectivity index (χ0n) is 11.4. The lowest BCUT2D eigenvalue weighted by Gasteiger charge is -2.26. The molecule has 0 bridgehead atoms. The molecule has 0 spiro atoms. The van der Waals surface area contributed by atoms with E-state index in [9.17, 15) is 0 Å². The van der Waals surface area contributed by atoms with Crippen LogP contribution in [0.3, 0.4) is 0 Å². The van der Waals surface area contributed by atoms with Gasteiger partial charge in [0.25, 0.3) is 0 Å². The molecule has 0 aromatic heterocycles. The van der Waals surface area contributed by atoms with Gasteiger partial charge in [0.2, 0.25) is 0 Å². The molecule has 0 saturated heterocycles. The zero-order valence-corrected chi connectivity index (χ0v) is 12.1. The number of rotatable bonds is 3. The monoisotopic (exact) mass is 299 g/mol. The van der Waals surface area contributed by atoms with E-state index in [2.05, 4.69) is 18.2 Å². The molecule has 2 aromatic carbocycles. The molecular formula is C17H14ClNO2. The minimum Gasteiger partial charge on any atom is -0.489 e. The van der Waals surface area contributed by atoms with Crippen LogP contribution in [-0.2, 0) is 11.2 Å². The van der Waals surface area contributed by atoms with E-state index in [0.717, 1.165) is 12.0 Å². The summed E-state index contributed by atoms with van der Waals surface area (Å²) in [5.41, 5.74) is 2.82. The first-order valence-corrected chi connectivity index (χ1v) is 7.18. The Labute approximate surface area is 128 Å². The van der Waals surface area contributed by atoms with Gasteiger partial charge in [0.1, 0.15) is 30.1 Å². The number of nitriles is 1. The first kappa shape index (κ1) is 13.9. The number of nitrogens with zero attached hydrogens (tertiary/aromatic N) is 1. The van der Waals surface area contributed by atoms with Crippen molar-refractivity contribution in [3.63, 3.8) is 0 Å². The average molecular weight is 300 g/mol. The molecule has 1 unspecified atom stereocenters. The Hall–Kier alpha value is -2.02. The molecule has 106 valence electrons. The highest BCUT2D eigenvalue weighted by molar-refractivity contribution is 6.31. The smallest absolute Gasteiger partial charge is 0.138 e. The fourth-order valence-electron chi connectivity index (χ4n) is 2.51. The summed E-state index contributed by atoms with van der Waals surface area (Å²) in [7, 11) is 0. The van der Waals surface area contributed by atoms with Gasteiger partial charge in [0, 0.05) is 0 Å². The fraction of sp³-hybridized carbons (Fsp3) is 0.235. The largest absolute Gasteiger partial charge is 0.489 e. The van der Waals surface area contributed by atoms with Crippen LogP contribution in [0.5, 0.6) is 5.75 Å². The highest BCUT2D eigenvalue weighted by Crippen LogP contribution is 2.30. The van der Waals surface area contributed by atoms with E-state index in [4.69, 9.17) is 26.3 Å². The Balaban J connectivity index is 1.78. The van der Waals surface area contributed by atoms with Crippen molar-refractivity contribution < 1.29 is 9.47 Å². The topological polar surface area (TPSA) is 42.2 Å². The standard InChI is InChI=1S/C17H14ClNO2/c18-15-6-3-7-16(14(15)10-19)21-11-17-13-5-2-1-4-12(13)8-9-20-17/h1-7,17H,8-9,11H2. The Morgan fingerprint density at radius 3 is 2.95 bits per heavy atom. The van der Waals surface area contributed by atoms with Gasteiger partial charge in [-0.3, -0.25) is 0 Å². The van der Waals surface area contributed by atoms with Crippen LogP contribution in [0.25, 0.3) is 0 Å². The lowest BCUT2D eigenvalue weighted by atomic mass is 9.98. The van der Waals surface area contributed by atoms with Crippen molar-refractivity contribution in [1.82, 2.24) is 0 Å². The Morgan fingerprint density at radius 1 is 1.24 bits per heavy atom. The van der Waals surface area contributed by atoms with Crippen LogP contribution >= 0.6 is 11.6 Å². The van der Waals surface area contributed by atoms with Crippen LogP contribution in [0.4, 0.5) is 0 Å². The average Bonchev–Trinajstić information content (AvgIpc) is 2.53. The lowest BCUT2D eigenvalue weighted by Crippen LogP contribution is -2.21. The third kappa shape index (κ3) is 2.87. The van der Waals surface area contributed by atoms with Crippen molar-refractivity contribution in [1.29, 1.82) is 5.26 Å². The number of halogens is 1. The van der Waals surface area contributed by atoms with Gasteiger partial charge < -0.3 is 9.47 Å². The lowest BCUT2D eigenvalue weighted by molar-refractivity contribution is 0.0101. The van der Waals surface area contributed by atoms with E-state index < -0.39 is 0 Å². The van der Waals surface area contributed by atoms with Crippen LogP contribution in [-0.4, -0.2) is 13.2 Å². The molecule has 1 heterocycles. The van der Waals surface area contributed by atoms with Crippen LogP contribution in [0.2, 0.25) is 5.02 Å². The molecule has 3 rings (SSSR count). The Morgan fingerprint density at radius 2 is 2.10 bits per heavy atom. The predicted molar refractivity (Wildman–Crippen MR) is 80.5 cm³/mol. The van der Waals surface area contributed by atoms with Gasteiger partial charge in [-0.15, -0.1) is 0 Å². The van der Waals surface area contributed by atoms with Crippen molar-refractivity contribution >= 4 is 11.6 Å². The van der Waals surface area contributed by atoms with Crippen molar-refractivity contribution in [2.75, 3.05) is 13.2 Å². The summed E-state index contributed by atoms with van der Waals surface area (Å²) >= 11 is 6.00. The molecule has 3 nitrogen and oxygen atoms in total. The van der Waals surface area contributed by atoms with E-state index in [1.165, 1.54) is 5.56 Å². The Kier molecular flexibility index (Phi) is 4.10. The molecule has 0 amide bonds. The summed E-state index contributed by atoms with van der Waals surface area (Å²) in [5, 5.41) is 9.55. The van der Waals surface area contributed by atoms with Gasteiger partial charge in [-0.2, -0.15) is 5.26 Å². The van der Waals surface area contributed by atoms with Gasteiger partial charge in [-0.1, -0.05) is 41.9 Å². The van der Waals surface area contributed by atoms with Crippen molar-refractivity contribution in [3.8, 4) is 11.8 Å². The number of hydrogen-bond donors (Lipinski definition) is 0. The first-order valence-electron chi connectivity index (χ1n) is 6.80. The van der Waals surface area contributed by atoms with E-state index in [0.29, 0.717) is 29.5 Å². The number of benzene rings is 2. The number of ether oxygens (including phenoxy) is 2. The molecule has 0 N–H and O–H groups in total. The van der Waals surface area contributed by atoms with Gasteiger partial charge in [0.05, 0.1) is 11.6 Å². The van der Waals surface area contributed by atoms with Crippen molar-refractivity contribution in [3.05, 3.63) is 64.2 Å². The molecule has 1 atom stereocenters. The fourth-order valence-corrected chi connectivity index (χ4v) is 2.72. The molecule has 2 aromatic rings. The summed E-state index contributed by atoms with van der Waals surface area (Å²) < 4.78 is 11.6. The van der Waals surface area contributed by atoms with Crippen LogP contribution < -0.4 is 4.74 Å². The van der Waals surface area contributed by atoms with E-state index in [1.54, 1.807) is 18.2 Å². The summed E-state index contributed by atoms with van der Waals surface area (Å²) in [5.74, 6) is 0.497. The van der Waals surface area contributed by atoms with Crippen LogP contribution in [0.1, 0.15) is 22.8 Å². The molecule has 0 saturated carbocycles. The van der Waals surface area contributed by atoms with Gasteiger partial charge >= 0.3 is 0 Å². The van der Waals surface area contributed by atoms with E-state index in [1.807, 2.05) is 12.1 Å². The second-order valence-corrected chi connectivity index (χ2v) is 5.25. The third-order valence-corrected chi connectivity index (χ3v) is 3.88. The summed E-state index contributed by atoms with van der Waals surface area (Å²) in [6.45, 7) is 1.05. The van der Waals surface area contributed by atoms with Gasteiger partial charge in [0.15, 0.2) is 0 Å².